The van der Waals surface area contributed by atoms with Gasteiger partial charge in [0.05, 0.1) is 12.2 Å². The van der Waals surface area contributed by atoms with Crippen LogP contribution in [0.1, 0.15) is 50.9 Å². The summed E-state index contributed by atoms with van der Waals surface area (Å²) < 4.78 is 5.66. The molecule has 0 saturated heterocycles. The summed E-state index contributed by atoms with van der Waals surface area (Å²) in [7, 11) is 0. The molecular weight excluding hydrogens is 240 g/mol. The van der Waals surface area contributed by atoms with Gasteiger partial charge in [-0.3, -0.25) is 4.79 Å². The lowest BCUT2D eigenvalue weighted by atomic mass is 9.79. The summed E-state index contributed by atoms with van der Waals surface area (Å²) in [4.78, 5) is 10.7. The fourth-order valence-electron chi connectivity index (χ4n) is 2.38. The smallest absolute Gasteiger partial charge is 0.150 e. The summed E-state index contributed by atoms with van der Waals surface area (Å²) >= 11 is 0. The summed E-state index contributed by atoms with van der Waals surface area (Å²) in [5.74, 6) is 0.712. The van der Waals surface area contributed by atoms with Crippen molar-refractivity contribution in [3.05, 3.63) is 29.8 Å². The predicted octanol–water partition coefficient (Wildman–Crippen LogP) is 3.46. The van der Waals surface area contributed by atoms with Gasteiger partial charge in [-0.05, 0) is 44.2 Å². The molecule has 1 aromatic carbocycles. The Hall–Kier alpha value is -1.35. The molecule has 0 fully saturated rings. The van der Waals surface area contributed by atoms with Gasteiger partial charge in [0.1, 0.15) is 12.0 Å². The van der Waals surface area contributed by atoms with Crippen molar-refractivity contribution in [2.45, 2.75) is 46.1 Å². The van der Waals surface area contributed by atoms with E-state index in [1.54, 1.807) is 18.2 Å². The Morgan fingerprint density at radius 1 is 1.26 bits per heavy atom. The molecule has 0 unspecified atom stereocenters. The summed E-state index contributed by atoms with van der Waals surface area (Å²) in [6.45, 7) is 8.46. The quantitative estimate of drug-likeness (QED) is 0.767. The fourth-order valence-corrected chi connectivity index (χ4v) is 2.38. The van der Waals surface area contributed by atoms with Gasteiger partial charge in [-0.2, -0.15) is 0 Å². The topological polar surface area (TPSA) is 46.5 Å². The van der Waals surface area contributed by atoms with E-state index in [2.05, 4.69) is 13.8 Å². The minimum absolute atomic E-state index is 0.0144. The fraction of sp³-hybridized carbons (Fsp3) is 0.562. The van der Waals surface area contributed by atoms with Gasteiger partial charge in [-0.15, -0.1) is 0 Å². The second-order valence-electron chi connectivity index (χ2n) is 6.44. The molecule has 1 N–H and O–H groups in total. The van der Waals surface area contributed by atoms with Crippen molar-refractivity contribution in [3.8, 4) is 5.75 Å². The SMILES string of the molecule is CC(C)(O)CC(C)(C)CCOc1cccc(C=O)c1. The zero-order valence-corrected chi connectivity index (χ0v) is 12.3. The number of hydrogen-bond acceptors (Lipinski definition) is 3. The second kappa shape index (κ2) is 6.20. The molecule has 19 heavy (non-hydrogen) atoms. The maximum absolute atomic E-state index is 10.7. The number of aliphatic hydroxyl groups is 1. The Morgan fingerprint density at radius 2 is 1.95 bits per heavy atom. The van der Waals surface area contributed by atoms with Gasteiger partial charge in [0.25, 0.3) is 0 Å². The molecule has 0 amide bonds. The molecule has 1 rings (SSSR count). The molecule has 0 bridgehead atoms. The first-order chi connectivity index (χ1) is 8.72. The van der Waals surface area contributed by atoms with E-state index >= 15 is 0 Å². The Labute approximate surface area is 115 Å². The average molecular weight is 264 g/mol. The largest absolute Gasteiger partial charge is 0.494 e. The summed E-state index contributed by atoms with van der Waals surface area (Å²) in [6, 6.07) is 7.13. The molecule has 3 nitrogen and oxygen atoms in total. The lowest BCUT2D eigenvalue weighted by Gasteiger charge is -2.31. The van der Waals surface area contributed by atoms with Crippen molar-refractivity contribution in [2.24, 2.45) is 5.41 Å². The van der Waals surface area contributed by atoms with Crippen molar-refractivity contribution < 1.29 is 14.6 Å². The van der Waals surface area contributed by atoms with Gasteiger partial charge in [0, 0.05) is 5.56 Å². The second-order valence-corrected chi connectivity index (χ2v) is 6.44. The first-order valence-corrected chi connectivity index (χ1v) is 6.62. The van der Waals surface area contributed by atoms with Crippen LogP contribution in [-0.4, -0.2) is 23.6 Å². The van der Waals surface area contributed by atoms with Gasteiger partial charge in [0.2, 0.25) is 0 Å². The van der Waals surface area contributed by atoms with Crippen molar-refractivity contribution in [1.29, 1.82) is 0 Å². The van der Waals surface area contributed by atoms with Gasteiger partial charge in [0.15, 0.2) is 0 Å². The van der Waals surface area contributed by atoms with Crippen molar-refractivity contribution in [3.63, 3.8) is 0 Å². The van der Waals surface area contributed by atoms with Gasteiger partial charge < -0.3 is 9.84 Å². The average Bonchev–Trinajstić information content (AvgIpc) is 2.25. The standard InChI is InChI=1S/C16H24O3/c1-15(2,12-16(3,4)18)8-9-19-14-7-5-6-13(10-14)11-17/h5-7,10-11,18H,8-9,12H2,1-4H3. The number of rotatable bonds is 7. The van der Waals surface area contributed by atoms with Gasteiger partial charge in [-0.25, -0.2) is 0 Å². The Kier molecular flexibility index (Phi) is 5.12. The molecule has 0 saturated carbocycles. The first kappa shape index (κ1) is 15.7. The number of aldehydes is 1. The number of ether oxygens (including phenoxy) is 1. The molecule has 0 aliphatic heterocycles. The molecule has 1 aromatic rings. The van der Waals surface area contributed by atoms with Gasteiger partial charge >= 0.3 is 0 Å². The Bertz CT molecular complexity index is 416. The first-order valence-electron chi connectivity index (χ1n) is 6.62. The summed E-state index contributed by atoms with van der Waals surface area (Å²) in [6.07, 6.45) is 2.38. The highest BCUT2D eigenvalue weighted by Crippen LogP contribution is 2.31. The molecule has 0 heterocycles. The van der Waals surface area contributed by atoms with Gasteiger partial charge in [-0.1, -0.05) is 26.0 Å². The molecule has 106 valence electrons. The lowest BCUT2D eigenvalue weighted by molar-refractivity contribution is 0.0254. The molecule has 0 atom stereocenters. The zero-order valence-electron chi connectivity index (χ0n) is 12.3. The van der Waals surface area contributed by atoms with E-state index in [1.807, 2.05) is 19.9 Å². The van der Waals surface area contributed by atoms with Crippen LogP contribution in [0, 0.1) is 5.41 Å². The van der Waals surface area contributed by atoms with Crippen molar-refractivity contribution in [1.82, 2.24) is 0 Å². The Balaban J connectivity index is 2.47. The summed E-state index contributed by atoms with van der Waals surface area (Å²) in [5.41, 5.74) is -0.0326. The number of carbonyl (C=O) groups is 1. The maximum atomic E-state index is 10.7. The molecular formula is C16H24O3. The Morgan fingerprint density at radius 3 is 2.53 bits per heavy atom. The van der Waals surface area contributed by atoms with E-state index in [-0.39, 0.29) is 5.41 Å². The van der Waals surface area contributed by atoms with Crippen LogP contribution in [0.15, 0.2) is 24.3 Å². The third-order valence-corrected chi connectivity index (χ3v) is 2.95. The van der Waals surface area contributed by atoms with Crippen LogP contribution in [0.4, 0.5) is 0 Å². The number of hydrogen-bond donors (Lipinski definition) is 1. The molecule has 0 aromatic heterocycles. The highest BCUT2D eigenvalue weighted by Gasteiger charge is 2.26. The van der Waals surface area contributed by atoms with Crippen LogP contribution in [-0.2, 0) is 0 Å². The van der Waals surface area contributed by atoms with E-state index in [4.69, 9.17) is 4.74 Å². The zero-order chi connectivity index (χ0) is 14.5. The molecule has 3 heteroatoms. The van der Waals surface area contributed by atoms with Crippen LogP contribution in [0.25, 0.3) is 0 Å². The minimum Gasteiger partial charge on any atom is -0.494 e. The van der Waals surface area contributed by atoms with E-state index in [1.165, 1.54) is 0 Å². The highest BCUT2D eigenvalue weighted by molar-refractivity contribution is 5.75. The maximum Gasteiger partial charge on any atom is 0.150 e. The number of benzene rings is 1. The van der Waals surface area contributed by atoms with Crippen LogP contribution < -0.4 is 4.74 Å². The third kappa shape index (κ3) is 6.39. The molecule has 0 spiro atoms. The molecule has 0 aliphatic rings. The third-order valence-electron chi connectivity index (χ3n) is 2.95. The monoisotopic (exact) mass is 264 g/mol. The molecule has 0 aliphatic carbocycles. The van der Waals surface area contributed by atoms with Crippen LogP contribution >= 0.6 is 0 Å². The van der Waals surface area contributed by atoms with E-state index in [0.717, 1.165) is 19.1 Å². The van der Waals surface area contributed by atoms with Crippen molar-refractivity contribution >= 4 is 6.29 Å². The minimum atomic E-state index is -0.666. The normalized spacial score (nSPS) is 12.3. The highest BCUT2D eigenvalue weighted by atomic mass is 16.5. The van der Waals surface area contributed by atoms with Crippen LogP contribution in [0.5, 0.6) is 5.75 Å². The van der Waals surface area contributed by atoms with E-state index in [9.17, 15) is 9.90 Å². The van der Waals surface area contributed by atoms with E-state index < -0.39 is 5.60 Å². The van der Waals surface area contributed by atoms with E-state index in [0.29, 0.717) is 17.9 Å². The van der Waals surface area contributed by atoms with Crippen molar-refractivity contribution in [2.75, 3.05) is 6.61 Å². The van der Waals surface area contributed by atoms with Crippen LogP contribution in [0.3, 0.4) is 0 Å². The summed E-state index contributed by atoms with van der Waals surface area (Å²) in [5, 5.41) is 9.86. The lowest BCUT2D eigenvalue weighted by Crippen LogP contribution is -2.29. The predicted molar refractivity (Wildman–Crippen MR) is 76.6 cm³/mol. The number of carbonyl (C=O) groups excluding carboxylic acids is 1. The van der Waals surface area contributed by atoms with Crippen LogP contribution in [0.2, 0.25) is 0 Å². The molecule has 0 radical (unpaired) electrons.